The van der Waals surface area contributed by atoms with E-state index in [4.69, 9.17) is 10.0 Å². The molecule has 0 saturated carbocycles. The van der Waals surface area contributed by atoms with Gasteiger partial charge in [-0.2, -0.15) is 0 Å². The number of carboxylic acid groups (broad SMARTS) is 1. The Kier molecular flexibility index (Phi) is 13.9. The first-order valence-electron chi connectivity index (χ1n) is 3.26. The van der Waals surface area contributed by atoms with E-state index in [9.17, 15) is 14.5 Å². The Hall–Kier alpha value is -1.16. The number of hydrogen-bond acceptors (Lipinski definition) is 9. The molecule has 0 aliphatic rings. The molecule has 0 atom stereocenters. The summed E-state index contributed by atoms with van der Waals surface area (Å²) in [6.45, 7) is 0. The van der Waals surface area contributed by atoms with Gasteiger partial charge in [0.1, 0.15) is 11.5 Å². The lowest BCUT2D eigenvalue weighted by atomic mass is 10.8. The number of rotatable bonds is 6. The van der Waals surface area contributed by atoms with Crippen LogP contribution in [0, 0.1) is 9.81 Å². The van der Waals surface area contributed by atoms with Crippen LogP contribution < -0.4 is 0 Å². The fraction of sp³-hybridized carbons (Fsp3) is 0.600. The number of carboxylic acids is 1. The van der Waals surface area contributed by atoms with Gasteiger partial charge in [-0.15, -0.1) is 9.81 Å². The molecule has 0 unspecified atom stereocenters. The number of carbonyl (C=O) groups is 2. The van der Waals surface area contributed by atoms with E-state index >= 15 is 0 Å². The van der Waals surface area contributed by atoms with E-state index in [1.165, 1.54) is 7.11 Å². The third kappa shape index (κ3) is 19.3. The Morgan fingerprint density at radius 1 is 1.20 bits per heavy atom. The van der Waals surface area contributed by atoms with Crippen LogP contribution in [0.1, 0.15) is 0 Å². The zero-order valence-electron chi connectivity index (χ0n) is 7.61. The van der Waals surface area contributed by atoms with Crippen LogP contribution in [-0.2, 0) is 14.3 Å². The second kappa shape index (κ2) is 12.8. The minimum atomic E-state index is -1.02. The fourth-order valence-corrected chi connectivity index (χ4v) is 0.659. The normalized spacial score (nSPS) is 8.07. The summed E-state index contributed by atoms with van der Waals surface area (Å²) in [7, 11) is 1.26. The average Bonchev–Trinajstić information content (AvgIpc) is 2.23. The molecule has 0 bridgehead atoms. The predicted molar refractivity (Wildman–Crippen MR) is 56.2 cm³/mol. The number of nitroso groups, excluding NO2 is 2. The molecule has 10 heteroatoms. The van der Waals surface area contributed by atoms with Crippen molar-refractivity contribution in [2.24, 2.45) is 9.16 Å². The summed E-state index contributed by atoms with van der Waals surface area (Å²) in [6.07, 6.45) is 0. The molecule has 0 aliphatic carbocycles. The summed E-state index contributed by atoms with van der Waals surface area (Å²) in [4.78, 5) is 38.2. The van der Waals surface area contributed by atoms with Crippen LogP contribution >= 0.6 is 23.9 Å². The molecule has 8 nitrogen and oxygen atoms in total. The molecule has 0 aliphatic heterocycles. The molecular weight excluding hydrogens is 248 g/mol. The average molecular weight is 256 g/mol. The highest BCUT2D eigenvalue weighted by molar-refractivity contribution is 7.98. The summed E-state index contributed by atoms with van der Waals surface area (Å²) >= 11 is 1.12. The van der Waals surface area contributed by atoms with Crippen LogP contribution in [-0.4, -0.2) is 35.7 Å². The predicted octanol–water partition coefficient (Wildman–Crippen LogP) is 1.06. The third-order valence-corrected chi connectivity index (χ3v) is 1.66. The van der Waals surface area contributed by atoms with Gasteiger partial charge < -0.3 is 9.84 Å². The van der Waals surface area contributed by atoms with Crippen LogP contribution in [0.3, 0.4) is 0 Å². The lowest BCUT2D eigenvalue weighted by molar-refractivity contribution is -0.137. The van der Waals surface area contributed by atoms with Gasteiger partial charge in [-0.3, -0.25) is 9.59 Å². The quantitative estimate of drug-likeness (QED) is 0.425. The summed E-state index contributed by atoms with van der Waals surface area (Å²) in [5.74, 6) is -1.71. The van der Waals surface area contributed by atoms with Gasteiger partial charge in [0.05, 0.1) is 7.11 Å². The minimum Gasteiger partial charge on any atom is -0.481 e. The Morgan fingerprint density at radius 2 is 1.67 bits per heavy atom. The highest BCUT2D eigenvalue weighted by Crippen LogP contribution is 1.98. The van der Waals surface area contributed by atoms with Crippen molar-refractivity contribution in [2.75, 3.05) is 18.6 Å². The zero-order chi connectivity index (χ0) is 12.1. The molecule has 1 N–H and O–H groups in total. The van der Waals surface area contributed by atoms with Gasteiger partial charge >= 0.3 is 11.9 Å². The van der Waals surface area contributed by atoms with Gasteiger partial charge in [0.2, 0.25) is 0 Å². The second-order valence-electron chi connectivity index (χ2n) is 1.67. The maximum Gasteiger partial charge on any atom is 0.317 e. The zero-order valence-corrected chi connectivity index (χ0v) is 9.25. The standard InChI is InChI=1S/C3H5NO3S.C2H3NO3S/c1-7-3(5)2-8-4-6;4-2(5)1-7-3-6/h2H2,1H3;1H2,(H,4,5). The first kappa shape index (κ1) is 16.3. The molecule has 0 aromatic carbocycles. The van der Waals surface area contributed by atoms with Crippen molar-refractivity contribution in [3.05, 3.63) is 9.81 Å². The molecule has 0 fully saturated rings. The van der Waals surface area contributed by atoms with E-state index < -0.39 is 11.9 Å². The highest BCUT2D eigenvalue weighted by Gasteiger charge is 1.97. The minimum absolute atomic E-state index is 0. The molecule has 0 heterocycles. The van der Waals surface area contributed by atoms with Crippen LogP contribution in [0.2, 0.25) is 0 Å². The molecule has 0 saturated heterocycles. The Bertz CT molecular complexity index is 224. The fourth-order valence-electron chi connectivity index (χ4n) is 0.220. The molecule has 0 rings (SSSR count). The van der Waals surface area contributed by atoms with Crippen molar-refractivity contribution in [3.63, 3.8) is 0 Å². The van der Waals surface area contributed by atoms with Crippen LogP contribution in [0.5, 0.6) is 0 Å². The molecule has 0 spiro atoms. The second-order valence-corrected chi connectivity index (χ2v) is 3.06. The number of hydrogen-bond donors (Lipinski definition) is 1. The summed E-state index contributed by atoms with van der Waals surface area (Å²) in [5, 5.41) is 7.82. The van der Waals surface area contributed by atoms with Gasteiger partial charge in [-0.1, -0.05) is 0 Å². The van der Waals surface area contributed by atoms with Crippen molar-refractivity contribution in [1.29, 1.82) is 0 Å². The van der Waals surface area contributed by atoms with Crippen molar-refractivity contribution in [2.45, 2.75) is 0 Å². The van der Waals surface area contributed by atoms with Crippen LogP contribution in [0.15, 0.2) is 9.16 Å². The third-order valence-electron chi connectivity index (χ3n) is 0.704. The molecule has 0 aromatic heterocycles. The van der Waals surface area contributed by atoms with E-state index in [2.05, 4.69) is 13.9 Å². The Labute approximate surface area is 93.3 Å². The first-order chi connectivity index (χ1) is 7.08. The van der Waals surface area contributed by atoms with E-state index in [-0.39, 0.29) is 11.5 Å². The smallest absolute Gasteiger partial charge is 0.317 e. The summed E-state index contributed by atoms with van der Waals surface area (Å²) < 4.78 is 8.84. The number of carbonyl (C=O) groups excluding carboxylic acids is 1. The largest absolute Gasteiger partial charge is 0.481 e. The Balaban J connectivity index is 0. The highest BCUT2D eigenvalue weighted by atomic mass is 32.2. The number of methoxy groups -OCH3 is 1. The van der Waals surface area contributed by atoms with Gasteiger partial charge in [0.25, 0.3) is 0 Å². The van der Waals surface area contributed by atoms with E-state index in [0.717, 1.165) is 0 Å². The SMILES string of the molecule is COC(=O)CSN=O.O=NSCC(=O)O. The van der Waals surface area contributed by atoms with Gasteiger partial charge in [0.15, 0.2) is 0 Å². The van der Waals surface area contributed by atoms with Crippen LogP contribution in [0.4, 0.5) is 0 Å². The monoisotopic (exact) mass is 256 g/mol. The molecular formula is C5H8N2O6S2. The van der Waals surface area contributed by atoms with Crippen molar-refractivity contribution in [1.82, 2.24) is 0 Å². The van der Waals surface area contributed by atoms with Gasteiger partial charge in [-0.25, -0.2) is 0 Å². The maximum absolute atomic E-state index is 10.1. The van der Waals surface area contributed by atoms with E-state index in [1.54, 1.807) is 0 Å². The molecule has 0 radical (unpaired) electrons. The maximum atomic E-state index is 10.1. The van der Waals surface area contributed by atoms with Crippen molar-refractivity contribution in [3.8, 4) is 0 Å². The van der Waals surface area contributed by atoms with Crippen molar-refractivity contribution >= 4 is 35.8 Å². The lowest BCUT2D eigenvalue weighted by Crippen LogP contribution is -2.01. The Morgan fingerprint density at radius 3 is 1.93 bits per heavy atom. The topological polar surface area (TPSA) is 122 Å². The number of aliphatic carboxylic acids is 1. The number of esters is 1. The summed E-state index contributed by atoms with van der Waals surface area (Å²) in [6, 6.07) is 0. The summed E-state index contributed by atoms with van der Waals surface area (Å²) in [5.41, 5.74) is 0. The van der Waals surface area contributed by atoms with Crippen LogP contribution in [0.25, 0.3) is 0 Å². The van der Waals surface area contributed by atoms with Crippen molar-refractivity contribution < 1.29 is 19.4 Å². The molecule has 86 valence electrons. The molecule has 0 aromatic rings. The van der Waals surface area contributed by atoms with E-state index in [1.807, 2.05) is 0 Å². The number of ether oxygens (including phenoxy) is 1. The van der Waals surface area contributed by atoms with E-state index in [0.29, 0.717) is 23.9 Å². The number of nitrogens with zero attached hydrogens (tertiary/aromatic N) is 2. The molecule has 15 heavy (non-hydrogen) atoms. The van der Waals surface area contributed by atoms with Gasteiger partial charge in [0, 0.05) is 33.1 Å². The lowest BCUT2D eigenvalue weighted by Gasteiger charge is -1.89. The first-order valence-corrected chi connectivity index (χ1v) is 5.14. The molecule has 0 amide bonds. The van der Waals surface area contributed by atoms with Gasteiger partial charge in [-0.05, 0) is 0 Å².